The molecule has 0 spiro atoms. The molecular formula is C12H18N4S. The maximum Gasteiger partial charge on any atom is 0.183 e. The topological polar surface area (TPSA) is 42.7 Å². The zero-order chi connectivity index (χ0) is 12.3. The summed E-state index contributed by atoms with van der Waals surface area (Å²) in [6.45, 7) is 8.30. The van der Waals surface area contributed by atoms with Crippen molar-refractivity contribution in [1.82, 2.24) is 14.8 Å². The van der Waals surface area contributed by atoms with Crippen molar-refractivity contribution in [1.29, 1.82) is 0 Å². The third-order valence-electron chi connectivity index (χ3n) is 2.42. The number of hydrogen-bond acceptors (Lipinski definition) is 4. The highest BCUT2D eigenvalue weighted by Crippen LogP contribution is 2.24. The predicted octanol–water partition coefficient (Wildman–Crippen LogP) is 3.09. The summed E-state index contributed by atoms with van der Waals surface area (Å²) in [6, 6.07) is 0. The Morgan fingerprint density at radius 2 is 2.29 bits per heavy atom. The van der Waals surface area contributed by atoms with Crippen LogP contribution < -0.4 is 5.32 Å². The lowest BCUT2D eigenvalue weighted by atomic mass is 10.2. The first-order valence-corrected chi connectivity index (χ1v) is 6.79. The minimum atomic E-state index is 0.630. The molecule has 2 aromatic heterocycles. The quantitative estimate of drug-likeness (QED) is 0.886. The van der Waals surface area contributed by atoms with Crippen LogP contribution in [0.25, 0.3) is 11.3 Å². The van der Waals surface area contributed by atoms with E-state index in [9.17, 15) is 0 Å². The Morgan fingerprint density at radius 3 is 2.94 bits per heavy atom. The van der Waals surface area contributed by atoms with Gasteiger partial charge in [0.1, 0.15) is 0 Å². The van der Waals surface area contributed by atoms with Crippen LogP contribution in [0.15, 0.2) is 17.8 Å². The van der Waals surface area contributed by atoms with Crippen molar-refractivity contribution in [3.05, 3.63) is 17.8 Å². The molecular weight excluding hydrogens is 232 g/mol. The van der Waals surface area contributed by atoms with Crippen LogP contribution in [0.3, 0.4) is 0 Å². The second-order valence-corrected chi connectivity index (χ2v) is 5.26. The molecule has 92 valence electrons. The molecule has 0 saturated carbocycles. The highest BCUT2D eigenvalue weighted by molar-refractivity contribution is 7.14. The Morgan fingerprint density at radius 1 is 1.47 bits per heavy atom. The van der Waals surface area contributed by atoms with Crippen molar-refractivity contribution in [2.75, 3.05) is 11.9 Å². The second-order valence-electron chi connectivity index (χ2n) is 4.40. The largest absolute Gasteiger partial charge is 0.361 e. The molecule has 1 N–H and O–H groups in total. The van der Waals surface area contributed by atoms with Gasteiger partial charge in [0.2, 0.25) is 0 Å². The summed E-state index contributed by atoms with van der Waals surface area (Å²) in [5.41, 5.74) is 2.08. The predicted molar refractivity (Wildman–Crippen MR) is 72.3 cm³/mol. The SMILES string of the molecule is CCn1cc(-c2csc(NCC(C)C)n2)cn1. The lowest BCUT2D eigenvalue weighted by Gasteiger charge is -2.04. The van der Waals surface area contributed by atoms with Gasteiger partial charge in [0.25, 0.3) is 0 Å². The fourth-order valence-electron chi connectivity index (χ4n) is 1.45. The van der Waals surface area contributed by atoms with E-state index in [4.69, 9.17) is 0 Å². The van der Waals surface area contributed by atoms with Gasteiger partial charge in [-0.2, -0.15) is 5.10 Å². The molecule has 17 heavy (non-hydrogen) atoms. The van der Waals surface area contributed by atoms with Crippen LogP contribution in [0.5, 0.6) is 0 Å². The first-order valence-electron chi connectivity index (χ1n) is 5.91. The highest BCUT2D eigenvalue weighted by Gasteiger charge is 2.06. The summed E-state index contributed by atoms with van der Waals surface area (Å²) in [7, 11) is 0. The van der Waals surface area contributed by atoms with E-state index in [0.717, 1.165) is 29.5 Å². The lowest BCUT2D eigenvalue weighted by molar-refractivity contribution is 0.660. The van der Waals surface area contributed by atoms with E-state index in [1.54, 1.807) is 11.3 Å². The van der Waals surface area contributed by atoms with Gasteiger partial charge in [-0.15, -0.1) is 11.3 Å². The van der Waals surface area contributed by atoms with Crippen LogP contribution in [-0.2, 0) is 6.54 Å². The third kappa shape index (κ3) is 3.06. The van der Waals surface area contributed by atoms with Gasteiger partial charge < -0.3 is 5.32 Å². The summed E-state index contributed by atoms with van der Waals surface area (Å²) >= 11 is 1.64. The fourth-order valence-corrected chi connectivity index (χ4v) is 2.18. The molecule has 2 heterocycles. The van der Waals surface area contributed by atoms with Gasteiger partial charge in [-0.1, -0.05) is 13.8 Å². The number of hydrogen-bond donors (Lipinski definition) is 1. The molecule has 0 bridgehead atoms. The minimum Gasteiger partial charge on any atom is -0.361 e. The van der Waals surface area contributed by atoms with Crippen LogP contribution in [0.4, 0.5) is 5.13 Å². The van der Waals surface area contributed by atoms with E-state index in [0.29, 0.717) is 5.92 Å². The van der Waals surface area contributed by atoms with Crippen molar-refractivity contribution in [2.45, 2.75) is 27.3 Å². The van der Waals surface area contributed by atoms with Crippen LogP contribution in [0.1, 0.15) is 20.8 Å². The van der Waals surface area contributed by atoms with E-state index in [1.807, 2.05) is 17.1 Å². The summed E-state index contributed by atoms with van der Waals surface area (Å²) in [5.74, 6) is 0.630. The second kappa shape index (κ2) is 5.31. The zero-order valence-electron chi connectivity index (χ0n) is 10.5. The van der Waals surface area contributed by atoms with Gasteiger partial charge in [-0.3, -0.25) is 4.68 Å². The fraction of sp³-hybridized carbons (Fsp3) is 0.500. The molecule has 2 aromatic rings. The average Bonchev–Trinajstić information content (AvgIpc) is 2.94. The molecule has 0 aliphatic carbocycles. The summed E-state index contributed by atoms with van der Waals surface area (Å²) < 4.78 is 1.91. The molecule has 0 aliphatic heterocycles. The summed E-state index contributed by atoms with van der Waals surface area (Å²) in [4.78, 5) is 4.55. The number of aryl methyl sites for hydroxylation is 1. The Hall–Kier alpha value is -1.36. The molecule has 0 saturated heterocycles. The van der Waals surface area contributed by atoms with Crippen molar-refractivity contribution in [3.63, 3.8) is 0 Å². The molecule has 0 fully saturated rings. The van der Waals surface area contributed by atoms with Gasteiger partial charge in [0, 0.05) is 30.2 Å². The van der Waals surface area contributed by atoms with Crippen molar-refractivity contribution < 1.29 is 0 Å². The number of nitrogens with zero attached hydrogens (tertiary/aromatic N) is 3. The number of rotatable bonds is 5. The third-order valence-corrected chi connectivity index (χ3v) is 3.22. The van der Waals surface area contributed by atoms with E-state index >= 15 is 0 Å². The number of nitrogens with one attached hydrogen (secondary N) is 1. The Balaban J connectivity index is 2.07. The molecule has 2 rings (SSSR count). The molecule has 4 nitrogen and oxygen atoms in total. The first kappa shape index (κ1) is 12.1. The van der Waals surface area contributed by atoms with E-state index in [-0.39, 0.29) is 0 Å². The van der Waals surface area contributed by atoms with Crippen molar-refractivity contribution >= 4 is 16.5 Å². The van der Waals surface area contributed by atoms with E-state index < -0.39 is 0 Å². The van der Waals surface area contributed by atoms with E-state index in [1.165, 1.54) is 0 Å². The smallest absolute Gasteiger partial charge is 0.183 e. The normalized spacial score (nSPS) is 11.1. The van der Waals surface area contributed by atoms with Gasteiger partial charge in [-0.25, -0.2) is 4.98 Å². The maximum atomic E-state index is 4.55. The number of anilines is 1. The van der Waals surface area contributed by atoms with Gasteiger partial charge in [-0.05, 0) is 12.8 Å². The molecule has 0 amide bonds. The molecule has 0 radical (unpaired) electrons. The van der Waals surface area contributed by atoms with Gasteiger partial charge >= 0.3 is 0 Å². The molecule has 0 unspecified atom stereocenters. The average molecular weight is 250 g/mol. The number of aromatic nitrogens is 3. The highest BCUT2D eigenvalue weighted by atomic mass is 32.1. The lowest BCUT2D eigenvalue weighted by Crippen LogP contribution is -2.07. The monoisotopic (exact) mass is 250 g/mol. The van der Waals surface area contributed by atoms with E-state index in [2.05, 4.69) is 41.6 Å². The Labute approximate surface area is 106 Å². The van der Waals surface area contributed by atoms with Gasteiger partial charge in [0.15, 0.2) is 5.13 Å². The Bertz CT molecular complexity index is 472. The molecule has 5 heteroatoms. The summed E-state index contributed by atoms with van der Waals surface area (Å²) in [6.07, 6.45) is 3.89. The summed E-state index contributed by atoms with van der Waals surface area (Å²) in [5, 5.41) is 10.6. The zero-order valence-corrected chi connectivity index (χ0v) is 11.3. The van der Waals surface area contributed by atoms with Crippen LogP contribution in [0, 0.1) is 5.92 Å². The van der Waals surface area contributed by atoms with Gasteiger partial charge in [0.05, 0.1) is 11.9 Å². The molecule has 0 aromatic carbocycles. The Kier molecular flexibility index (Phi) is 3.78. The van der Waals surface area contributed by atoms with Crippen LogP contribution in [-0.4, -0.2) is 21.3 Å². The minimum absolute atomic E-state index is 0.630. The molecule has 0 atom stereocenters. The maximum absolute atomic E-state index is 4.55. The van der Waals surface area contributed by atoms with Crippen molar-refractivity contribution in [3.8, 4) is 11.3 Å². The van der Waals surface area contributed by atoms with Crippen LogP contribution in [0.2, 0.25) is 0 Å². The molecule has 0 aliphatic rings. The number of thiazole rings is 1. The first-order chi connectivity index (χ1) is 8.19. The van der Waals surface area contributed by atoms with Crippen LogP contribution >= 0.6 is 11.3 Å². The standard InChI is InChI=1S/C12H18N4S/c1-4-16-7-10(6-14-16)11-8-17-12(15-11)13-5-9(2)3/h6-9H,4-5H2,1-3H3,(H,13,15). The van der Waals surface area contributed by atoms with Crippen molar-refractivity contribution in [2.24, 2.45) is 5.92 Å².